The van der Waals surface area contributed by atoms with Crippen LogP contribution in [0.5, 0.6) is 0 Å². The quantitative estimate of drug-likeness (QED) is 0.589. The van der Waals surface area contributed by atoms with Crippen molar-refractivity contribution in [3.63, 3.8) is 0 Å². The highest BCUT2D eigenvalue weighted by atomic mass is 19.3. The van der Waals surface area contributed by atoms with Crippen molar-refractivity contribution in [2.24, 2.45) is 0 Å². The number of carbonyl (C=O) groups is 1. The molecule has 1 unspecified atom stereocenters. The van der Waals surface area contributed by atoms with Gasteiger partial charge in [-0.3, -0.25) is 4.90 Å². The Morgan fingerprint density at radius 2 is 2.27 bits per heavy atom. The number of hydrogen-bond acceptors (Lipinski definition) is 1. The van der Waals surface area contributed by atoms with Crippen LogP contribution in [0, 0.1) is 0 Å². The normalized spacial score (nSPS) is 29.0. The van der Waals surface area contributed by atoms with Crippen molar-refractivity contribution in [1.29, 1.82) is 0 Å². The SMILES string of the molecule is CC1N(C(=O)O)CCC1(F)F. The summed E-state index contributed by atoms with van der Waals surface area (Å²) in [7, 11) is 0. The Balaban J connectivity index is 2.71. The molecule has 3 nitrogen and oxygen atoms in total. The van der Waals surface area contributed by atoms with Crippen molar-refractivity contribution in [3.8, 4) is 0 Å². The lowest BCUT2D eigenvalue weighted by Crippen LogP contribution is -2.39. The Morgan fingerprint density at radius 1 is 1.73 bits per heavy atom. The average Bonchev–Trinajstić information content (AvgIpc) is 2.09. The zero-order chi connectivity index (χ0) is 8.65. The van der Waals surface area contributed by atoms with Crippen molar-refractivity contribution < 1.29 is 18.7 Å². The fourth-order valence-corrected chi connectivity index (χ4v) is 1.16. The van der Waals surface area contributed by atoms with E-state index in [-0.39, 0.29) is 13.0 Å². The van der Waals surface area contributed by atoms with Gasteiger partial charge < -0.3 is 5.11 Å². The van der Waals surface area contributed by atoms with Crippen LogP contribution in [0.1, 0.15) is 13.3 Å². The molecule has 1 saturated heterocycles. The lowest BCUT2D eigenvalue weighted by Gasteiger charge is -2.20. The third kappa shape index (κ3) is 1.27. The van der Waals surface area contributed by atoms with Crippen LogP contribution in [0.2, 0.25) is 0 Å². The van der Waals surface area contributed by atoms with Crippen LogP contribution < -0.4 is 0 Å². The first-order chi connectivity index (χ1) is 4.95. The molecular formula is C6H9F2NO2. The van der Waals surface area contributed by atoms with Crippen LogP contribution in [0.3, 0.4) is 0 Å². The van der Waals surface area contributed by atoms with E-state index in [2.05, 4.69) is 0 Å². The molecule has 5 heteroatoms. The van der Waals surface area contributed by atoms with E-state index in [1.807, 2.05) is 0 Å². The van der Waals surface area contributed by atoms with Gasteiger partial charge in [-0.15, -0.1) is 0 Å². The van der Waals surface area contributed by atoms with E-state index in [1.165, 1.54) is 6.92 Å². The monoisotopic (exact) mass is 165 g/mol. The maximum Gasteiger partial charge on any atom is 0.407 e. The molecule has 1 amide bonds. The van der Waals surface area contributed by atoms with E-state index in [4.69, 9.17) is 5.11 Å². The maximum absolute atomic E-state index is 12.6. The number of nitrogens with zero attached hydrogens (tertiary/aromatic N) is 1. The zero-order valence-corrected chi connectivity index (χ0v) is 6.05. The Hall–Kier alpha value is -0.870. The van der Waals surface area contributed by atoms with Gasteiger partial charge in [0.25, 0.3) is 5.92 Å². The molecular weight excluding hydrogens is 156 g/mol. The fourth-order valence-electron chi connectivity index (χ4n) is 1.16. The number of likely N-dealkylation sites (tertiary alicyclic amines) is 1. The minimum atomic E-state index is -2.85. The Bertz CT molecular complexity index is 183. The molecule has 64 valence electrons. The predicted octanol–water partition coefficient (Wildman–Crippen LogP) is 1.39. The van der Waals surface area contributed by atoms with Gasteiger partial charge in [-0.25, -0.2) is 13.6 Å². The smallest absolute Gasteiger partial charge is 0.407 e. The highest BCUT2D eigenvalue weighted by molar-refractivity contribution is 5.66. The summed E-state index contributed by atoms with van der Waals surface area (Å²) in [6, 6.07) is -1.18. The van der Waals surface area contributed by atoms with Gasteiger partial charge in [0.1, 0.15) is 0 Å². The minimum absolute atomic E-state index is 0.0660. The number of alkyl halides is 2. The Labute approximate surface area is 62.6 Å². The standard InChI is InChI=1S/C6H9F2NO2/c1-4-6(7,8)2-3-9(4)5(10)11/h4H,2-3H2,1H3,(H,10,11). The summed E-state index contributed by atoms with van der Waals surface area (Å²) in [5.41, 5.74) is 0. The van der Waals surface area contributed by atoms with Crippen molar-refractivity contribution >= 4 is 6.09 Å². The summed E-state index contributed by atoms with van der Waals surface area (Å²) in [5.74, 6) is -2.85. The van der Waals surface area contributed by atoms with Crippen LogP contribution in [0.25, 0.3) is 0 Å². The summed E-state index contributed by atoms with van der Waals surface area (Å²) in [4.78, 5) is 11.1. The van der Waals surface area contributed by atoms with Crippen molar-refractivity contribution in [3.05, 3.63) is 0 Å². The molecule has 11 heavy (non-hydrogen) atoms. The summed E-state index contributed by atoms with van der Waals surface area (Å²) in [6.07, 6.45) is -1.63. The molecule has 0 bridgehead atoms. The zero-order valence-electron chi connectivity index (χ0n) is 6.05. The molecule has 0 radical (unpaired) electrons. The third-order valence-electron chi connectivity index (χ3n) is 2.01. The van der Waals surface area contributed by atoms with E-state index in [1.54, 1.807) is 0 Å². The molecule has 0 aromatic heterocycles. The second-order valence-corrected chi connectivity index (χ2v) is 2.66. The van der Waals surface area contributed by atoms with Gasteiger partial charge in [-0.1, -0.05) is 0 Å². The van der Waals surface area contributed by atoms with Gasteiger partial charge in [0.05, 0.1) is 6.04 Å². The van der Waals surface area contributed by atoms with E-state index >= 15 is 0 Å². The van der Waals surface area contributed by atoms with E-state index in [0.717, 1.165) is 4.90 Å². The molecule has 0 aromatic carbocycles. The molecule has 0 spiro atoms. The van der Waals surface area contributed by atoms with Crippen molar-refractivity contribution in [1.82, 2.24) is 4.90 Å². The highest BCUT2D eigenvalue weighted by Gasteiger charge is 2.47. The molecule has 1 rings (SSSR count). The first-order valence-electron chi connectivity index (χ1n) is 3.32. The molecule has 0 aliphatic carbocycles. The number of halogens is 2. The Morgan fingerprint density at radius 3 is 2.45 bits per heavy atom. The molecule has 0 aromatic rings. The topological polar surface area (TPSA) is 40.5 Å². The molecule has 1 heterocycles. The van der Waals surface area contributed by atoms with Crippen LogP contribution in [-0.2, 0) is 0 Å². The van der Waals surface area contributed by atoms with Gasteiger partial charge in [0.15, 0.2) is 0 Å². The first-order valence-corrected chi connectivity index (χ1v) is 3.32. The van der Waals surface area contributed by atoms with E-state index < -0.39 is 18.1 Å². The van der Waals surface area contributed by atoms with Crippen LogP contribution >= 0.6 is 0 Å². The van der Waals surface area contributed by atoms with E-state index in [9.17, 15) is 13.6 Å². The van der Waals surface area contributed by atoms with Crippen LogP contribution in [0.4, 0.5) is 13.6 Å². The molecule has 1 N–H and O–H groups in total. The number of amides is 1. The second kappa shape index (κ2) is 2.32. The van der Waals surface area contributed by atoms with Crippen molar-refractivity contribution in [2.45, 2.75) is 25.3 Å². The predicted molar refractivity (Wildman–Crippen MR) is 33.8 cm³/mol. The van der Waals surface area contributed by atoms with Crippen molar-refractivity contribution in [2.75, 3.05) is 6.54 Å². The number of carboxylic acid groups (broad SMARTS) is 1. The molecule has 1 aliphatic heterocycles. The van der Waals surface area contributed by atoms with Gasteiger partial charge in [-0.05, 0) is 6.92 Å². The lowest BCUT2D eigenvalue weighted by atomic mass is 10.2. The van der Waals surface area contributed by atoms with Gasteiger partial charge >= 0.3 is 6.09 Å². The summed E-state index contributed by atoms with van der Waals surface area (Å²) in [6.45, 7) is 1.16. The molecule has 1 atom stereocenters. The largest absolute Gasteiger partial charge is 0.465 e. The average molecular weight is 165 g/mol. The van der Waals surface area contributed by atoms with E-state index in [0.29, 0.717) is 0 Å². The summed E-state index contributed by atoms with van der Waals surface area (Å²) in [5, 5.41) is 8.41. The summed E-state index contributed by atoms with van der Waals surface area (Å²) < 4.78 is 25.3. The van der Waals surface area contributed by atoms with Crippen LogP contribution in [-0.4, -0.2) is 34.6 Å². The number of rotatable bonds is 0. The molecule has 0 saturated carbocycles. The second-order valence-electron chi connectivity index (χ2n) is 2.66. The molecule has 1 aliphatic rings. The fraction of sp³-hybridized carbons (Fsp3) is 0.833. The van der Waals surface area contributed by atoms with Gasteiger partial charge in [0, 0.05) is 13.0 Å². The third-order valence-corrected chi connectivity index (χ3v) is 2.01. The van der Waals surface area contributed by atoms with Gasteiger partial charge in [0.2, 0.25) is 0 Å². The van der Waals surface area contributed by atoms with Gasteiger partial charge in [-0.2, -0.15) is 0 Å². The Kier molecular flexibility index (Phi) is 1.74. The highest BCUT2D eigenvalue weighted by Crippen LogP contribution is 2.33. The molecule has 1 fully saturated rings. The lowest BCUT2D eigenvalue weighted by molar-refractivity contribution is -0.0231. The first kappa shape index (κ1) is 8.23. The number of hydrogen-bond donors (Lipinski definition) is 1. The minimum Gasteiger partial charge on any atom is -0.465 e. The summed E-state index contributed by atoms with van der Waals surface area (Å²) >= 11 is 0. The maximum atomic E-state index is 12.6. The van der Waals surface area contributed by atoms with Crippen LogP contribution in [0.15, 0.2) is 0 Å².